The Kier molecular flexibility index (Phi) is 6.17. The van der Waals surface area contributed by atoms with Gasteiger partial charge in [0, 0.05) is 18.8 Å². The summed E-state index contributed by atoms with van der Waals surface area (Å²) in [7, 11) is 0. The van der Waals surface area contributed by atoms with Crippen molar-refractivity contribution >= 4 is 11.8 Å². The molecule has 2 unspecified atom stereocenters. The molecule has 2 atom stereocenters. The molecule has 0 saturated heterocycles. The second-order valence-electron chi connectivity index (χ2n) is 5.55. The lowest BCUT2D eigenvalue weighted by atomic mass is 10.1. The SMILES string of the molecule is CCCC(O)CNC(=O)Nc1ccn(C(C)c2ccccc2)n1. The largest absolute Gasteiger partial charge is 0.391 e. The molecule has 23 heavy (non-hydrogen) atoms. The van der Waals surface area contributed by atoms with Crippen molar-refractivity contribution in [3.63, 3.8) is 0 Å². The normalized spacial score (nSPS) is 13.3. The van der Waals surface area contributed by atoms with Crippen molar-refractivity contribution in [2.24, 2.45) is 0 Å². The highest BCUT2D eigenvalue weighted by molar-refractivity contribution is 5.88. The number of nitrogens with one attached hydrogen (secondary N) is 2. The van der Waals surface area contributed by atoms with Gasteiger partial charge in [-0.2, -0.15) is 5.10 Å². The number of aliphatic hydroxyl groups excluding tert-OH is 1. The van der Waals surface area contributed by atoms with Crippen LogP contribution < -0.4 is 10.6 Å². The van der Waals surface area contributed by atoms with Gasteiger partial charge in [-0.15, -0.1) is 0 Å². The van der Waals surface area contributed by atoms with E-state index in [1.165, 1.54) is 0 Å². The minimum Gasteiger partial charge on any atom is -0.391 e. The molecular weight excluding hydrogens is 292 g/mol. The van der Waals surface area contributed by atoms with Gasteiger partial charge < -0.3 is 10.4 Å². The van der Waals surface area contributed by atoms with Crippen LogP contribution in [0.15, 0.2) is 42.6 Å². The molecule has 124 valence electrons. The van der Waals surface area contributed by atoms with E-state index in [0.29, 0.717) is 12.2 Å². The van der Waals surface area contributed by atoms with Gasteiger partial charge in [0.25, 0.3) is 0 Å². The number of carbonyl (C=O) groups excluding carboxylic acids is 1. The first-order chi connectivity index (χ1) is 11.1. The van der Waals surface area contributed by atoms with E-state index >= 15 is 0 Å². The number of amides is 2. The number of benzene rings is 1. The molecule has 6 nitrogen and oxygen atoms in total. The zero-order valence-corrected chi connectivity index (χ0v) is 13.6. The summed E-state index contributed by atoms with van der Waals surface area (Å²) in [6, 6.07) is 11.5. The van der Waals surface area contributed by atoms with E-state index in [0.717, 1.165) is 12.0 Å². The van der Waals surface area contributed by atoms with Crippen LogP contribution in [0, 0.1) is 0 Å². The zero-order valence-electron chi connectivity index (χ0n) is 13.6. The predicted octanol–water partition coefficient (Wildman–Crippen LogP) is 2.77. The topological polar surface area (TPSA) is 79.2 Å². The fourth-order valence-corrected chi connectivity index (χ4v) is 2.31. The number of carbonyl (C=O) groups is 1. The third-order valence-corrected chi connectivity index (χ3v) is 3.65. The Balaban J connectivity index is 1.88. The first kappa shape index (κ1) is 17.0. The van der Waals surface area contributed by atoms with Crippen molar-refractivity contribution in [2.75, 3.05) is 11.9 Å². The second-order valence-corrected chi connectivity index (χ2v) is 5.55. The number of hydrogen-bond acceptors (Lipinski definition) is 3. The van der Waals surface area contributed by atoms with Gasteiger partial charge in [0.15, 0.2) is 5.82 Å². The molecular formula is C17H24N4O2. The first-order valence-electron chi connectivity index (χ1n) is 7.93. The van der Waals surface area contributed by atoms with Crippen LogP contribution in [0.5, 0.6) is 0 Å². The van der Waals surface area contributed by atoms with Crippen molar-refractivity contribution in [2.45, 2.75) is 38.8 Å². The maximum atomic E-state index is 11.8. The predicted molar refractivity (Wildman–Crippen MR) is 90.4 cm³/mol. The average molecular weight is 316 g/mol. The fraction of sp³-hybridized carbons (Fsp3) is 0.412. The summed E-state index contributed by atoms with van der Waals surface area (Å²) in [6.45, 7) is 4.28. The van der Waals surface area contributed by atoms with Crippen LogP contribution in [0.1, 0.15) is 38.3 Å². The van der Waals surface area contributed by atoms with E-state index in [9.17, 15) is 9.90 Å². The second kappa shape index (κ2) is 8.33. The van der Waals surface area contributed by atoms with Crippen LogP contribution in [0.4, 0.5) is 10.6 Å². The monoisotopic (exact) mass is 316 g/mol. The third kappa shape index (κ3) is 5.10. The van der Waals surface area contributed by atoms with Crippen molar-refractivity contribution in [3.05, 3.63) is 48.2 Å². The summed E-state index contributed by atoms with van der Waals surface area (Å²) >= 11 is 0. The number of nitrogens with zero attached hydrogens (tertiary/aromatic N) is 2. The summed E-state index contributed by atoms with van der Waals surface area (Å²) in [6.07, 6.45) is 2.87. The lowest BCUT2D eigenvalue weighted by Crippen LogP contribution is -2.35. The van der Waals surface area contributed by atoms with E-state index in [1.807, 2.05) is 50.4 Å². The van der Waals surface area contributed by atoms with Crippen molar-refractivity contribution < 1.29 is 9.90 Å². The van der Waals surface area contributed by atoms with Gasteiger partial charge >= 0.3 is 6.03 Å². The van der Waals surface area contributed by atoms with Gasteiger partial charge in [-0.1, -0.05) is 43.7 Å². The van der Waals surface area contributed by atoms with E-state index in [1.54, 1.807) is 10.7 Å². The summed E-state index contributed by atoms with van der Waals surface area (Å²) in [4.78, 5) is 11.8. The Morgan fingerprint density at radius 3 is 2.74 bits per heavy atom. The zero-order chi connectivity index (χ0) is 16.7. The number of aliphatic hydroxyl groups is 1. The van der Waals surface area contributed by atoms with E-state index in [4.69, 9.17) is 0 Å². The van der Waals surface area contributed by atoms with Crippen LogP contribution in [0.2, 0.25) is 0 Å². The maximum absolute atomic E-state index is 11.8. The lowest BCUT2D eigenvalue weighted by Gasteiger charge is -2.12. The highest BCUT2D eigenvalue weighted by Gasteiger charge is 2.11. The van der Waals surface area contributed by atoms with Gasteiger partial charge in [0.05, 0.1) is 12.1 Å². The Bertz CT molecular complexity index is 612. The molecule has 6 heteroatoms. The maximum Gasteiger partial charge on any atom is 0.320 e. The van der Waals surface area contributed by atoms with Crippen molar-refractivity contribution in [1.82, 2.24) is 15.1 Å². The minimum atomic E-state index is -0.513. The number of urea groups is 1. The summed E-state index contributed by atoms with van der Waals surface area (Å²) in [5.41, 5.74) is 1.15. The van der Waals surface area contributed by atoms with E-state index < -0.39 is 6.10 Å². The van der Waals surface area contributed by atoms with Crippen LogP contribution >= 0.6 is 0 Å². The number of aromatic nitrogens is 2. The molecule has 0 fully saturated rings. The molecule has 1 heterocycles. The molecule has 2 amide bonds. The average Bonchev–Trinajstić information content (AvgIpc) is 3.02. The van der Waals surface area contributed by atoms with E-state index in [2.05, 4.69) is 15.7 Å². The first-order valence-corrected chi connectivity index (χ1v) is 7.93. The molecule has 0 aliphatic heterocycles. The van der Waals surface area contributed by atoms with Gasteiger partial charge in [-0.25, -0.2) is 4.79 Å². The third-order valence-electron chi connectivity index (χ3n) is 3.65. The Hall–Kier alpha value is -2.34. The summed E-state index contributed by atoms with van der Waals surface area (Å²) in [5.74, 6) is 0.482. The molecule has 3 N–H and O–H groups in total. The Morgan fingerprint density at radius 2 is 2.04 bits per heavy atom. The molecule has 2 aromatic rings. The minimum absolute atomic E-state index is 0.0844. The van der Waals surface area contributed by atoms with Crippen LogP contribution in [-0.4, -0.2) is 33.6 Å². The lowest BCUT2D eigenvalue weighted by molar-refractivity contribution is 0.162. The van der Waals surface area contributed by atoms with Crippen LogP contribution in [0.25, 0.3) is 0 Å². The van der Waals surface area contributed by atoms with Crippen LogP contribution in [0.3, 0.4) is 0 Å². The molecule has 1 aromatic heterocycles. The molecule has 1 aromatic carbocycles. The molecule has 0 bridgehead atoms. The molecule has 0 aliphatic rings. The quantitative estimate of drug-likeness (QED) is 0.735. The Labute approximate surface area is 136 Å². The smallest absolute Gasteiger partial charge is 0.320 e. The summed E-state index contributed by atoms with van der Waals surface area (Å²) in [5, 5.41) is 19.3. The molecule has 0 radical (unpaired) electrons. The molecule has 0 aliphatic carbocycles. The van der Waals surface area contributed by atoms with Crippen molar-refractivity contribution in [3.8, 4) is 0 Å². The number of rotatable bonds is 7. The van der Waals surface area contributed by atoms with Gasteiger partial charge in [-0.05, 0) is 18.9 Å². The molecule has 2 rings (SSSR count). The standard InChI is InChI=1S/C17H24N4O2/c1-3-7-15(22)12-18-17(23)19-16-10-11-21(20-16)13(2)14-8-5-4-6-9-14/h4-6,8-11,13,15,22H,3,7,12H2,1-2H3,(H2,18,19,20,23). The summed E-state index contributed by atoms with van der Waals surface area (Å²) < 4.78 is 1.80. The van der Waals surface area contributed by atoms with Gasteiger partial charge in [0.1, 0.15) is 0 Å². The number of hydrogen-bond donors (Lipinski definition) is 3. The van der Waals surface area contributed by atoms with E-state index in [-0.39, 0.29) is 18.6 Å². The molecule has 0 saturated carbocycles. The Morgan fingerprint density at radius 1 is 1.30 bits per heavy atom. The van der Waals surface area contributed by atoms with Gasteiger partial charge in [-0.3, -0.25) is 10.00 Å². The molecule has 0 spiro atoms. The van der Waals surface area contributed by atoms with Crippen molar-refractivity contribution in [1.29, 1.82) is 0 Å². The fourth-order valence-electron chi connectivity index (χ4n) is 2.31. The van der Waals surface area contributed by atoms with Crippen LogP contribution in [-0.2, 0) is 0 Å². The highest BCUT2D eigenvalue weighted by Crippen LogP contribution is 2.17. The highest BCUT2D eigenvalue weighted by atomic mass is 16.3. The number of anilines is 1. The van der Waals surface area contributed by atoms with Gasteiger partial charge in [0.2, 0.25) is 0 Å².